The van der Waals surface area contributed by atoms with E-state index in [2.05, 4.69) is 4.98 Å². The Morgan fingerprint density at radius 1 is 1.29 bits per heavy atom. The number of nitrogens with zero attached hydrogens (tertiary/aromatic N) is 2. The molecule has 1 fully saturated rings. The Bertz CT molecular complexity index is 645. The van der Waals surface area contributed by atoms with Crippen LogP contribution in [0.25, 0.3) is 11.0 Å². The first kappa shape index (κ1) is 14.8. The van der Waals surface area contributed by atoms with Gasteiger partial charge < -0.3 is 4.57 Å². The molecule has 0 aliphatic heterocycles. The zero-order chi connectivity index (χ0) is 15.0. The van der Waals surface area contributed by atoms with E-state index < -0.39 is 11.6 Å². The van der Waals surface area contributed by atoms with Gasteiger partial charge in [-0.25, -0.2) is 13.8 Å². The number of hydrogen-bond acceptors (Lipinski definition) is 1. The summed E-state index contributed by atoms with van der Waals surface area (Å²) in [6.07, 6.45) is 5.95. The van der Waals surface area contributed by atoms with Gasteiger partial charge in [0.05, 0.1) is 10.9 Å². The maximum absolute atomic E-state index is 14.2. The molecule has 2 nitrogen and oxygen atoms in total. The van der Waals surface area contributed by atoms with Crippen LogP contribution in [0.2, 0.25) is 0 Å². The molecule has 2 aromatic rings. The SMILES string of the molecule is CC(Cl)c1nc2ccc(F)c(F)c2n1CC1CCCCC1. The minimum Gasteiger partial charge on any atom is -0.324 e. The van der Waals surface area contributed by atoms with Gasteiger partial charge in [0.1, 0.15) is 11.3 Å². The molecule has 1 unspecified atom stereocenters. The second-order valence-corrected chi connectivity index (χ2v) is 6.58. The van der Waals surface area contributed by atoms with Crippen LogP contribution in [-0.2, 0) is 6.54 Å². The van der Waals surface area contributed by atoms with Gasteiger partial charge in [0, 0.05) is 6.54 Å². The van der Waals surface area contributed by atoms with Crippen molar-refractivity contribution in [1.29, 1.82) is 0 Å². The molecule has 114 valence electrons. The van der Waals surface area contributed by atoms with E-state index in [1.807, 2.05) is 6.92 Å². The van der Waals surface area contributed by atoms with Gasteiger partial charge in [0.15, 0.2) is 11.6 Å². The molecule has 21 heavy (non-hydrogen) atoms. The molecule has 0 amide bonds. The summed E-state index contributed by atoms with van der Waals surface area (Å²) >= 11 is 6.19. The molecule has 1 saturated carbocycles. The molecule has 0 spiro atoms. The standard InChI is InChI=1S/C16H19ClF2N2/c1-10(17)16-20-13-8-7-12(18)14(19)15(13)21(16)9-11-5-3-2-4-6-11/h7-8,10-11H,2-6,9H2,1H3. The lowest BCUT2D eigenvalue weighted by Crippen LogP contribution is -2.16. The van der Waals surface area contributed by atoms with Crippen molar-refractivity contribution in [1.82, 2.24) is 9.55 Å². The van der Waals surface area contributed by atoms with Crippen molar-refractivity contribution in [2.24, 2.45) is 5.92 Å². The lowest BCUT2D eigenvalue weighted by atomic mass is 9.89. The Kier molecular flexibility index (Phi) is 4.16. The summed E-state index contributed by atoms with van der Waals surface area (Å²) in [6.45, 7) is 2.48. The van der Waals surface area contributed by atoms with Crippen molar-refractivity contribution in [3.8, 4) is 0 Å². The molecule has 1 aromatic carbocycles. The Morgan fingerprint density at radius 2 is 2.00 bits per heavy atom. The monoisotopic (exact) mass is 312 g/mol. The smallest absolute Gasteiger partial charge is 0.184 e. The molecule has 0 N–H and O–H groups in total. The number of alkyl halides is 1. The van der Waals surface area contributed by atoms with Crippen molar-refractivity contribution < 1.29 is 8.78 Å². The molecule has 1 aliphatic carbocycles. The molecule has 5 heteroatoms. The van der Waals surface area contributed by atoms with Crippen LogP contribution in [0.15, 0.2) is 12.1 Å². The molecule has 1 aliphatic rings. The number of aromatic nitrogens is 2. The number of rotatable bonds is 3. The highest BCUT2D eigenvalue weighted by atomic mass is 35.5. The summed E-state index contributed by atoms with van der Waals surface area (Å²) in [5.74, 6) is -0.532. The van der Waals surface area contributed by atoms with Crippen LogP contribution in [0.3, 0.4) is 0 Å². The van der Waals surface area contributed by atoms with Crippen molar-refractivity contribution in [3.05, 3.63) is 29.6 Å². The topological polar surface area (TPSA) is 17.8 Å². The van der Waals surface area contributed by atoms with Gasteiger partial charge in [-0.3, -0.25) is 0 Å². The largest absolute Gasteiger partial charge is 0.324 e. The van der Waals surface area contributed by atoms with Crippen LogP contribution in [0.1, 0.15) is 50.2 Å². The minimum absolute atomic E-state index is 0.253. The number of halogens is 3. The van der Waals surface area contributed by atoms with Crippen LogP contribution in [-0.4, -0.2) is 9.55 Å². The molecule has 1 aromatic heterocycles. The lowest BCUT2D eigenvalue weighted by molar-refractivity contribution is 0.318. The van der Waals surface area contributed by atoms with Crippen LogP contribution in [0.4, 0.5) is 8.78 Å². The molecule has 1 atom stereocenters. The third-order valence-electron chi connectivity index (χ3n) is 4.35. The maximum atomic E-state index is 14.2. The maximum Gasteiger partial charge on any atom is 0.184 e. The van der Waals surface area contributed by atoms with E-state index in [-0.39, 0.29) is 10.9 Å². The average Bonchev–Trinajstić information content (AvgIpc) is 2.84. The number of imidazole rings is 1. The second kappa shape index (κ2) is 5.91. The van der Waals surface area contributed by atoms with E-state index in [0.29, 0.717) is 23.8 Å². The Morgan fingerprint density at radius 3 is 2.67 bits per heavy atom. The predicted molar refractivity (Wildman–Crippen MR) is 80.5 cm³/mol. The quantitative estimate of drug-likeness (QED) is 0.713. The third kappa shape index (κ3) is 2.78. The van der Waals surface area contributed by atoms with E-state index in [1.54, 1.807) is 4.57 Å². The van der Waals surface area contributed by atoms with Crippen LogP contribution in [0.5, 0.6) is 0 Å². The first-order valence-corrected chi connectivity index (χ1v) is 7.99. The molecule has 0 radical (unpaired) electrons. The predicted octanol–water partition coefficient (Wildman–Crippen LogP) is 5.19. The van der Waals surface area contributed by atoms with Crippen molar-refractivity contribution >= 4 is 22.6 Å². The van der Waals surface area contributed by atoms with E-state index in [4.69, 9.17) is 11.6 Å². The van der Waals surface area contributed by atoms with Crippen LogP contribution >= 0.6 is 11.6 Å². The van der Waals surface area contributed by atoms with E-state index >= 15 is 0 Å². The van der Waals surface area contributed by atoms with Crippen LogP contribution < -0.4 is 0 Å². The second-order valence-electron chi connectivity index (χ2n) is 5.93. The van der Waals surface area contributed by atoms with Crippen molar-refractivity contribution in [3.63, 3.8) is 0 Å². The van der Waals surface area contributed by atoms with Gasteiger partial charge in [-0.2, -0.15) is 0 Å². The first-order valence-electron chi connectivity index (χ1n) is 7.56. The molecule has 0 saturated heterocycles. The van der Waals surface area contributed by atoms with E-state index in [1.165, 1.54) is 25.3 Å². The summed E-state index contributed by atoms with van der Waals surface area (Å²) in [5.41, 5.74) is 0.732. The minimum atomic E-state index is -0.832. The fourth-order valence-electron chi connectivity index (χ4n) is 3.29. The molecular formula is C16H19ClF2N2. The Labute approximate surface area is 128 Å². The lowest BCUT2D eigenvalue weighted by Gasteiger charge is -2.23. The van der Waals surface area contributed by atoms with Crippen LogP contribution in [0, 0.1) is 17.6 Å². The highest BCUT2D eigenvalue weighted by molar-refractivity contribution is 6.20. The van der Waals surface area contributed by atoms with Gasteiger partial charge in [0.2, 0.25) is 0 Å². The number of hydrogen-bond donors (Lipinski definition) is 0. The van der Waals surface area contributed by atoms with Gasteiger partial charge >= 0.3 is 0 Å². The number of fused-ring (bicyclic) bond motifs is 1. The number of benzene rings is 1. The van der Waals surface area contributed by atoms with Gasteiger partial charge in [-0.1, -0.05) is 19.3 Å². The molecule has 3 rings (SSSR count). The third-order valence-corrected chi connectivity index (χ3v) is 4.55. The fraction of sp³-hybridized carbons (Fsp3) is 0.562. The average molecular weight is 313 g/mol. The molecular weight excluding hydrogens is 294 g/mol. The highest BCUT2D eigenvalue weighted by Crippen LogP contribution is 2.31. The zero-order valence-corrected chi connectivity index (χ0v) is 12.8. The highest BCUT2D eigenvalue weighted by Gasteiger charge is 2.23. The first-order chi connectivity index (χ1) is 10.1. The van der Waals surface area contributed by atoms with Gasteiger partial charge in [-0.15, -0.1) is 11.6 Å². The summed E-state index contributed by atoms with van der Waals surface area (Å²) in [6, 6.07) is 2.65. The summed E-state index contributed by atoms with van der Waals surface area (Å²) < 4.78 is 29.6. The van der Waals surface area contributed by atoms with Crippen molar-refractivity contribution in [2.75, 3.05) is 0 Å². The normalized spacial score (nSPS) is 18.3. The van der Waals surface area contributed by atoms with Crippen molar-refractivity contribution in [2.45, 2.75) is 50.9 Å². The summed E-state index contributed by atoms with van der Waals surface area (Å²) in [7, 11) is 0. The van der Waals surface area contributed by atoms with E-state index in [9.17, 15) is 8.78 Å². The Hall–Kier alpha value is -1.16. The summed E-state index contributed by atoms with van der Waals surface area (Å²) in [4.78, 5) is 4.40. The fourth-order valence-corrected chi connectivity index (χ4v) is 3.46. The Balaban J connectivity index is 2.08. The summed E-state index contributed by atoms with van der Waals surface area (Å²) in [5, 5.41) is -0.330. The molecule has 0 bridgehead atoms. The van der Waals surface area contributed by atoms with E-state index in [0.717, 1.165) is 18.9 Å². The van der Waals surface area contributed by atoms with Gasteiger partial charge in [0.25, 0.3) is 0 Å². The van der Waals surface area contributed by atoms with Gasteiger partial charge in [-0.05, 0) is 37.8 Å². The zero-order valence-electron chi connectivity index (χ0n) is 12.1. The molecule has 1 heterocycles.